The van der Waals surface area contributed by atoms with E-state index in [9.17, 15) is 8.78 Å². The van der Waals surface area contributed by atoms with Crippen molar-refractivity contribution in [2.45, 2.75) is 18.9 Å². The first-order valence-electron chi connectivity index (χ1n) is 12.4. The fourth-order valence-electron chi connectivity index (χ4n) is 5.16. The number of para-hydroxylation sites is 1. The molecule has 0 bridgehead atoms. The molecular formula is C28H21F3N8. The Hall–Kier alpha value is -4.64. The Labute approximate surface area is 220 Å². The maximum Gasteiger partial charge on any atom is 0.261 e. The van der Waals surface area contributed by atoms with Gasteiger partial charge in [-0.05, 0) is 35.4 Å². The molecule has 1 saturated heterocycles. The van der Waals surface area contributed by atoms with Crippen molar-refractivity contribution in [2.75, 3.05) is 13.1 Å². The lowest BCUT2D eigenvalue weighted by Gasteiger charge is -2.15. The van der Waals surface area contributed by atoms with E-state index in [1.54, 1.807) is 29.6 Å². The molecule has 6 heterocycles. The summed E-state index contributed by atoms with van der Waals surface area (Å²) in [5, 5.41) is 7.45. The zero-order valence-electron chi connectivity index (χ0n) is 20.5. The summed E-state index contributed by atoms with van der Waals surface area (Å²) in [7, 11) is 0. The van der Waals surface area contributed by atoms with Crippen LogP contribution in [0.4, 0.5) is 13.2 Å². The molecule has 0 unspecified atom stereocenters. The molecule has 0 spiro atoms. The van der Waals surface area contributed by atoms with Crippen molar-refractivity contribution in [3.05, 3.63) is 78.8 Å². The Balaban J connectivity index is 1.28. The SMILES string of the molecule is Fc1c(-c2cncc(CN3CCC(F)(F)C3)c2)ncc2[nH]nc(-c3nc4c(-c5ccncc5)cccc4[nH]3)c12. The molecule has 2 N–H and O–H groups in total. The molecule has 1 fully saturated rings. The molecule has 1 aliphatic rings. The first kappa shape index (κ1) is 23.5. The van der Waals surface area contributed by atoms with Gasteiger partial charge in [0, 0.05) is 55.4 Å². The average Bonchev–Trinajstić information content (AvgIpc) is 3.65. The lowest BCUT2D eigenvalue weighted by Crippen LogP contribution is -2.24. The summed E-state index contributed by atoms with van der Waals surface area (Å²) in [5.41, 5.74) is 5.40. The van der Waals surface area contributed by atoms with Gasteiger partial charge in [-0.1, -0.05) is 12.1 Å². The van der Waals surface area contributed by atoms with Crippen molar-refractivity contribution in [3.8, 4) is 33.9 Å². The number of aromatic nitrogens is 7. The molecule has 194 valence electrons. The third-order valence-electron chi connectivity index (χ3n) is 7.00. The number of fused-ring (bicyclic) bond motifs is 2. The van der Waals surface area contributed by atoms with Gasteiger partial charge in [0.2, 0.25) is 0 Å². The van der Waals surface area contributed by atoms with E-state index in [1.165, 1.54) is 12.4 Å². The lowest BCUT2D eigenvalue weighted by atomic mass is 10.1. The zero-order valence-corrected chi connectivity index (χ0v) is 20.5. The average molecular weight is 527 g/mol. The summed E-state index contributed by atoms with van der Waals surface area (Å²) in [5.74, 6) is -2.84. The van der Waals surface area contributed by atoms with Crippen LogP contribution in [0.5, 0.6) is 0 Å². The van der Waals surface area contributed by atoms with Crippen molar-refractivity contribution in [1.29, 1.82) is 0 Å². The number of pyridine rings is 3. The summed E-state index contributed by atoms with van der Waals surface area (Å²) < 4.78 is 43.3. The third-order valence-corrected chi connectivity index (χ3v) is 7.00. The number of likely N-dealkylation sites (tertiary alicyclic amines) is 1. The van der Waals surface area contributed by atoms with Gasteiger partial charge in [0.15, 0.2) is 11.6 Å². The fraction of sp³-hybridized carbons (Fsp3) is 0.179. The molecular weight excluding hydrogens is 505 g/mol. The van der Waals surface area contributed by atoms with Gasteiger partial charge in [0.25, 0.3) is 5.92 Å². The second-order valence-electron chi connectivity index (χ2n) is 9.70. The van der Waals surface area contributed by atoms with Crippen LogP contribution < -0.4 is 0 Å². The Kier molecular flexibility index (Phi) is 5.41. The van der Waals surface area contributed by atoms with Gasteiger partial charge in [0.05, 0.1) is 34.7 Å². The number of nitrogens with one attached hydrogen (secondary N) is 2. The summed E-state index contributed by atoms with van der Waals surface area (Å²) in [4.78, 5) is 22.4. The number of alkyl halides is 2. The maximum absolute atomic E-state index is 16.1. The minimum atomic E-state index is -2.68. The van der Waals surface area contributed by atoms with E-state index < -0.39 is 11.7 Å². The van der Waals surface area contributed by atoms with E-state index in [0.717, 1.165) is 22.2 Å². The number of H-pyrrole nitrogens is 2. The van der Waals surface area contributed by atoms with Crippen molar-refractivity contribution in [2.24, 2.45) is 0 Å². The minimum Gasteiger partial charge on any atom is -0.337 e. The summed E-state index contributed by atoms with van der Waals surface area (Å²) in [6.45, 7) is 0.305. The largest absolute Gasteiger partial charge is 0.337 e. The topological polar surface area (TPSA) is 99.3 Å². The van der Waals surface area contributed by atoms with Crippen LogP contribution >= 0.6 is 0 Å². The molecule has 0 amide bonds. The van der Waals surface area contributed by atoms with Gasteiger partial charge in [-0.3, -0.25) is 25.0 Å². The third kappa shape index (κ3) is 4.20. The van der Waals surface area contributed by atoms with Gasteiger partial charge in [-0.25, -0.2) is 18.2 Å². The summed E-state index contributed by atoms with van der Waals surface area (Å²) in [6.07, 6.45) is 7.91. The molecule has 11 heteroatoms. The quantitative estimate of drug-likeness (QED) is 0.303. The summed E-state index contributed by atoms with van der Waals surface area (Å²) >= 11 is 0. The van der Waals surface area contributed by atoms with Crippen molar-refractivity contribution < 1.29 is 13.2 Å². The highest BCUT2D eigenvalue weighted by molar-refractivity contribution is 5.98. The van der Waals surface area contributed by atoms with Gasteiger partial charge in [0.1, 0.15) is 11.4 Å². The lowest BCUT2D eigenvalue weighted by molar-refractivity contribution is 0.0115. The van der Waals surface area contributed by atoms with Gasteiger partial charge in [-0.2, -0.15) is 5.10 Å². The van der Waals surface area contributed by atoms with Crippen molar-refractivity contribution >= 4 is 21.9 Å². The molecule has 6 aromatic rings. The molecule has 1 aromatic carbocycles. The first-order chi connectivity index (χ1) is 18.9. The molecule has 0 radical (unpaired) electrons. The van der Waals surface area contributed by atoms with Crippen LogP contribution in [0.2, 0.25) is 0 Å². The van der Waals surface area contributed by atoms with Crippen molar-refractivity contribution in [1.82, 2.24) is 40.0 Å². The number of aromatic amines is 2. The first-order valence-corrected chi connectivity index (χ1v) is 12.4. The smallest absolute Gasteiger partial charge is 0.261 e. The summed E-state index contributed by atoms with van der Waals surface area (Å²) in [6, 6.07) is 11.3. The van der Waals surface area contributed by atoms with Crippen LogP contribution in [-0.2, 0) is 6.54 Å². The second-order valence-corrected chi connectivity index (χ2v) is 9.70. The van der Waals surface area contributed by atoms with Crippen LogP contribution in [0.25, 0.3) is 55.8 Å². The van der Waals surface area contributed by atoms with E-state index in [0.29, 0.717) is 41.3 Å². The van der Waals surface area contributed by atoms with Crippen LogP contribution in [0.3, 0.4) is 0 Å². The minimum absolute atomic E-state index is 0.0971. The predicted octanol–water partition coefficient (Wildman–Crippen LogP) is 5.61. The monoisotopic (exact) mass is 526 g/mol. The Morgan fingerprint density at radius 1 is 0.949 bits per heavy atom. The second kappa shape index (κ2) is 8.98. The Morgan fingerprint density at radius 3 is 2.64 bits per heavy atom. The highest BCUT2D eigenvalue weighted by Gasteiger charge is 2.38. The molecule has 1 aliphatic heterocycles. The van der Waals surface area contributed by atoms with E-state index in [1.807, 2.05) is 30.3 Å². The van der Waals surface area contributed by atoms with Gasteiger partial charge >= 0.3 is 0 Å². The van der Waals surface area contributed by atoms with E-state index in [2.05, 4.69) is 30.1 Å². The van der Waals surface area contributed by atoms with Crippen LogP contribution in [0.1, 0.15) is 12.0 Å². The van der Waals surface area contributed by atoms with Crippen LogP contribution in [0, 0.1) is 5.82 Å². The van der Waals surface area contributed by atoms with Gasteiger partial charge < -0.3 is 4.98 Å². The van der Waals surface area contributed by atoms with E-state index >= 15 is 4.39 Å². The standard InChI is InChI=1S/C28H21F3N8/c29-23-22-21(13-34-24(23)18-10-16(11-33-12-18)14-39-9-6-28(30,31)15-39)37-38-26(22)27-35-20-3-1-2-19(25(20)36-27)17-4-7-32-8-5-17/h1-5,7-8,10-13H,6,9,14-15H2,(H,35,36)(H,37,38). The normalized spacial score (nSPS) is 15.5. The number of hydrogen-bond donors (Lipinski definition) is 2. The molecule has 7 rings (SSSR count). The van der Waals surface area contributed by atoms with Gasteiger partial charge in [-0.15, -0.1) is 0 Å². The number of imidazole rings is 1. The van der Waals surface area contributed by atoms with Crippen LogP contribution in [0.15, 0.2) is 67.4 Å². The zero-order chi connectivity index (χ0) is 26.6. The van der Waals surface area contributed by atoms with Crippen LogP contribution in [-0.4, -0.2) is 59.0 Å². The van der Waals surface area contributed by atoms with Crippen molar-refractivity contribution in [3.63, 3.8) is 0 Å². The van der Waals surface area contributed by atoms with E-state index in [4.69, 9.17) is 4.98 Å². The number of rotatable bonds is 5. The molecule has 5 aromatic heterocycles. The molecule has 0 aliphatic carbocycles. The maximum atomic E-state index is 16.1. The number of benzene rings is 1. The Morgan fingerprint density at radius 2 is 1.82 bits per heavy atom. The predicted molar refractivity (Wildman–Crippen MR) is 140 cm³/mol. The molecule has 8 nitrogen and oxygen atoms in total. The number of halogens is 3. The molecule has 0 saturated carbocycles. The highest BCUT2D eigenvalue weighted by atomic mass is 19.3. The molecule has 39 heavy (non-hydrogen) atoms. The fourth-order valence-corrected chi connectivity index (χ4v) is 5.16. The highest BCUT2D eigenvalue weighted by Crippen LogP contribution is 2.35. The number of nitrogens with zero attached hydrogens (tertiary/aromatic N) is 6. The van der Waals surface area contributed by atoms with E-state index in [-0.39, 0.29) is 24.0 Å². The number of hydrogen-bond acceptors (Lipinski definition) is 6. The molecule has 0 atom stereocenters. The Bertz CT molecular complexity index is 1830.